The van der Waals surface area contributed by atoms with Crippen molar-refractivity contribution >= 4 is 34.8 Å². The molecule has 0 radical (unpaired) electrons. The first kappa shape index (κ1) is 15.1. The van der Waals surface area contributed by atoms with Crippen molar-refractivity contribution in [3.05, 3.63) is 58.6 Å². The molecule has 2 amide bonds. The third-order valence-corrected chi connectivity index (χ3v) is 3.41. The summed E-state index contributed by atoms with van der Waals surface area (Å²) >= 11 is 5.97. The van der Waals surface area contributed by atoms with Gasteiger partial charge in [-0.1, -0.05) is 29.8 Å². The van der Waals surface area contributed by atoms with Gasteiger partial charge in [-0.3, -0.25) is 9.59 Å². The summed E-state index contributed by atoms with van der Waals surface area (Å²) in [6, 6.07) is 12.4. The summed E-state index contributed by atoms with van der Waals surface area (Å²) in [5.74, 6) is -1.46. The molecule has 108 valence electrons. The molecule has 0 aliphatic heterocycles. The van der Waals surface area contributed by atoms with Crippen LogP contribution in [0.2, 0.25) is 5.02 Å². The number of halogens is 1. The fourth-order valence-corrected chi connectivity index (χ4v) is 2.01. The van der Waals surface area contributed by atoms with E-state index < -0.39 is 11.8 Å². The second kappa shape index (κ2) is 6.41. The number of hydrogen-bond acceptors (Lipinski definition) is 2. The van der Waals surface area contributed by atoms with E-state index in [9.17, 15) is 9.59 Å². The van der Waals surface area contributed by atoms with Crippen LogP contribution in [0.5, 0.6) is 0 Å². The molecule has 2 aromatic rings. The van der Waals surface area contributed by atoms with Crippen LogP contribution in [-0.4, -0.2) is 11.8 Å². The third-order valence-electron chi connectivity index (χ3n) is 3.00. The van der Waals surface area contributed by atoms with Crippen LogP contribution in [0.4, 0.5) is 11.4 Å². The number of rotatable bonds is 2. The van der Waals surface area contributed by atoms with Crippen molar-refractivity contribution < 1.29 is 9.59 Å². The third kappa shape index (κ3) is 3.83. The van der Waals surface area contributed by atoms with E-state index >= 15 is 0 Å². The summed E-state index contributed by atoms with van der Waals surface area (Å²) in [6.45, 7) is 3.68. The maximum absolute atomic E-state index is 11.9. The molecule has 2 rings (SSSR count). The molecular weight excluding hydrogens is 288 g/mol. The van der Waals surface area contributed by atoms with Crippen LogP contribution in [0.1, 0.15) is 11.1 Å². The lowest BCUT2D eigenvalue weighted by molar-refractivity contribution is -0.133. The van der Waals surface area contributed by atoms with Gasteiger partial charge < -0.3 is 10.6 Å². The van der Waals surface area contributed by atoms with Gasteiger partial charge in [0.15, 0.2) is 0 Å². The van der Waals surface area contributed by atoms with Gasteiger partial charge in [-0.05, 0) is 49.2 Å². The second-order valence-electron chi connectivity index (χ2n) is 4.69. The number of nitrogens with one attached hydrogen (secondary N) is 2. The van der Waals surface area contributed by atoms with Crippen LogP contribution in [0.15, 0.2) is 42.5 Å². The van der Waals surface area contributed by atoms with E-state index in [0.29, 0.717) is 16.4 Å². The number of carbonyl (C=O) groups excluding carboxylic acids is 2. The monoisotopic (exact) mass is 302 g/mol. The van der Waals surface area contributed by atoms with Gasteiger partial charge in [-0.25, -0.2) is 0 Å². The fourth-order valence-electron chi connectivity index (χ4n) is 1.83. The quantitative estimate of drug-likeness (QED) is 0.834. The van der Waals surface area contributed by atoms with Crippen molar-refractivity contribution in [1.82, 2.24) is 0 Å². The molecule has 0 atom stereocenters. The Labute approximate surface area is 128 Å². The number of anilines is 2. The predicted octanol–water partition coefficient (Wildman–Crippen LogP) is 3.53. The first-order valence-corrected chi connectivity index (χ1v) is 6.79. The molecule has 2 N–H and O–H groups in total. The van der Waals surface area contributed by atoms with Crippen LogP contribution in [0.25, 0.3) is 0 Å². The van der Waals surface area contributed by atoms with Crippen molar-refractivity contribution in [3.63, 3.8) is 0 Å². The van der Waals surface area contributed by atoms with E-state index in [0.717, 1.165) is 11.1 Å². The molecule has 4 nitrogen and oxygen atoms in total. The van der Waals surface area contributed by atoms with Crippen molar-refractivity contribution in [2.24, 2.45) is 0 Å². The molecule has 0 saturated heterocycles. The number of amides is 2. The van der Waals surface area contributed by atoms with Crippen LogP contribution < -0.4 is 10.6 Å². The zero-order chi connectivity index (χ0) is 15.4. The molecule has 0 aliphatic rings. The highest BCUT2D eigenvalue weighted by atomic mass is 35.5. The van der Waals surface area contributed by atoms with Crippen molar-refractivity contribution in [3.8, 4) is 0 Å². The molecule has 0 unspecified atom stereocenters. The minimum absolute atomic E-state index is 0.520. The van der Waals surface area contributed by atoms with Gasteiger partial charge in [0.2, 0.25) is 0 Å². The molecule has 0 aliphatic carbocycles. The highest BCUT2D eigenvalue weighted by Crippen LogP contribution is 2.22. The Hall–Kier alpha value is -2.33. The maximum atomic E-state index is 11.9. The van der Waals surface area contributed by atoms with E-state index in [1.807, 2.05) is 19.1 Å². The van der Waals surface area contributed by atoms with E-state index in [1.165, 1.54) is 0 Å². The molecule has 0 aromatic heterocycles. The fraction of sp³-hybridized carbons (Fsp3) is 0.125. The van der Waals surface area contributed by atoms with Crippen molar-refractivity contribution in [1.29, 1.82) is 0 Å². The van der Waals surface area contributed by atoms with Gasteiger partial charge in [0.05, 0.1) is 0 Å². The van der Waals surface area contributed by atoms with Gasteiger partial charge in [0, 0.05) is 16.4 Å². The Kier molecular flexibility index (Phi) is 4.60. The molecule has 0 bridgehead atoms. The largest absolute Gasteiger partial charge is 0.318 e. The van der Waals surface area contributed by atoms with E-state index in [1.54, 1.807) is 37.3 Å². The minimum atomic E-state index is -0.734. The lowest BCUT2D eigenvalue weighted by Gasteiger charge is -2.10. The molecule has 5 heteroatoms. The Balaban J connectivity index is 2.06. The summed E-state index contributed by atoms with van der Waals surface area (Å²) in [4.78, 5) is 23.8. The maximum Gasteiger partial charge on any atom is 0.314 e. The van der Waals surface area contributed by atoms with Gasteiger partial charge in [-0.15, -0.1) is 0 Å². The molecule has 21 heavy (non-hydrogen) atoms. The lowest BCUT2D eigenvalue weighted by Crippen LogP contribution is -2.29. The smallest absolute Gasteiger partial charge is 0.314 e. The molecule has 0 heterocycles. The van der Waals surface area contributed by atoms with E-state index in [-0.39, 0.29) is 0 Å². The normalized spacial score (nSPS) is 10.0. The summed E-state index contributed by atoms with van der Waals surface area (Å²) < 4.78 is 0. The molecular formula is C16H15ClN2O2. The van der Waals surface area contributed by atoms with Gasteiger partial charge in [0.1, 0.15) is 0 Å². The highest BCUT2D eigenvalue weighted by Gasteiger charge is 2.15. The van der Waals surface area contributed by atoms with Gasteiger partial charge >= 0.3 is 11.8 Å². The predicted molar refractivity (Wildman–Crippen MR) is 84.6 cm³/mol. The Morgan fingerprint density at radius 1 is 0.952 bits per heavy atom. The van der Waals surface area contributed by atoms with Crippen molar-refractivity contribution in [2.45, 2.75) is 13.8 Å². The highest BCUT2D eigenvalue weighted by molar-refractivity contribution is 6.44. The first-order chi connectivity index (χ1) is 9.97. The molecule has 0 saturated carbocycles. The van der Waals surface area contributed by atoms with Crippen LogP contribution in [-0.2, 0) is 9.59 Å². The summed E-state index contributed by atoms with van der Waals surface area (Å²) in [6.07, 6.45) is 0. The molecule has 0 spiro atoms. The summed E-state index contributed by atoms with van der Waals surface area (Å²) in [7, 11) is 0. The summed E-state index contributed by atoms with van der Waals surface area (Å²) in [5.41, 5.74) is 2.82. The zero-order valence-electron chi connectivity index (χ0n) is 11.7. The van der Waals surface area contributed by atoms with Gasteiger partial charge in [0.25, 0.3) is 0 Å². The van der Waals surface area contributed by atoms with Crippen LogP contribution in [0.3, 0.4) is 0 Å². The average Bonchev–Trinajstić information content (AvgIpc) is 2.44. The first-order valence-electron chi connectivity index (χ1n) is 6.41. The number of carbonyl (C=O) groups is 2. The van der Waals surface area contributed by atoms with E-state index in [4.69, 9.17) is 11.6 Å². The molecule has 0 fully saturated rings. The van der Waals surface area contributed by atoms with Crippen LogP contribution in [0, 0.1) is 13.8 Å². The van der Waals surface area contributed by atoms with Crippen LogP contribution >= 0.6 is 11.6 Å². The zero-order valence-corrected chi connectivity index (χ0v) is 12.5. The number of benzene rings is 2. The minimum Gasteiger partial charge on any atom is -0.318 e. The Morgan fingerprint density at radius 2 is 1.62 bits per heavy atom. The van der Waals surface area contributed by atoms with E-state index in [2.05, 4.69) is 10.6 Å². The average molecular weight is 303 g/mol. The Bertz CT molecular complexity index is 698. The SMILES string of the molecule is Cc1cccc(NC(=O)C(=O)Nc2cccc(Cl)c2C)c1. The lowest BCUT2D eigenvalue weighted by atomic mass is 10.2. The number of hydrogen-bond donors (Lipinski definition) is 2. The number of aryl methyl sites for hydroxylation is 1. The summed E-state index contributed by atoms with van der Waals surface area (Å²) in [5, 5.41) is 5.64. The Morgan fingerprint density at radius 3 is 2.33 bits per heavy atom. The molecule has 2 aromatic carbocycles. The van der Waals surface area contributed by atoms with Gasteiger partial charge in [-0.2, -0.15) is 0 Å². The standard InChI is InChI=1S/C16H15ClN2O2/c1-10-5-3-6-12(9-10)18-15(20)16(21)19-14-8-4-7-13(17)11(14)2/h3-9H,1-2H3,(H,18,20)(H,19,21). The van der Waals surface area contributed by atoms with Crippen molar-refractivity contribution in [2.75, 3.05) is 10.6 Å². The topological polar surface area (TPSA) is 58.2 Å². The second-order valence-corrected chi connectivity index (χ2v) is 5.10.